The van der Waals surface area contributed by atoms with Crippen LogP contribution in [0.1, 0.15) is 11.5 Å². The molecule has 0 atom stereocenters. The van der Waals surface area contributed by atoms with E-state index in [0.29, 0.717) is 39.3 Å². The van der Waals surface area contributed by atoms with E-state index in [9.17, 15) is 9.59 Å². The summed E-state index contributed by atoms with van der Waals surface area (Å²) in [5.74, 6) is 1.43. The van der Waals surface area contributed by atoms with Gasteiger partial charge in [0.1, 0.15) is 11.5 Å². The molecule has 0 fully saturated rings. The van der Waals surface area contributed by atoms with Gasteiger partial charge in [-0.1, -0.05) is 23.4 Å². The third kappa shape index (κ3) is 5.09. The van der Waals surface area contributed by atoms with Crippen LogP contribution in [0.2, 0.25) is 5.02 Å². The first-order valence-corrected chi connectivity index (χ1v) is 12.3. The Morgan fingerprint density at radius 3 is 2.82 bits per heavy atom. The summed E-state index contributed by atoms with van der Waals surface area (Å²) in [6.07, 6.45) is 0. The van der Waals surface area contributed by atoms with Gasteiger partial charge >= 0.3 is 0 Å². The Balaban J connectivity index is 1.22. The van der Waals surface area contributed by atoms with E-state index in [1.165, 1.54) is 33.7 Å². The number of nitrogens with zero attached hydrogens (tertiary/aromatic N) is 3. The summed E-state index contributed by atoms with van der Waals surface area (Å²) >= 11 is 8.86. The Kier molecular flexibility index (Phi) is 6.27. The molecule has 34 heavy (non-hydrogen) atoms. The van der Waals surface area contributed by atoms with Crippen LogP contribution < -0.4 is 15.6 Å². The summed E-state index contributed by atoms with van der Waals surface area (Å²) in [5.41, 5.74) is 2.39. The molecule has 3 aromatic heterocycles. The number of thiazole rings is 1. The summed E-state index contributed by atoms with van der Waals surface area (Å²) in [6, 6.07) is 15.5. The second-order valence-electron chi connectivity index (χ2n) is 7.33. The second-order valence-corrected chi connectivity index (χ2v) is 10.0. The Morgan fingerprint density at radius 2 is 2.00 bits per heavy atom. The van der Waals surface area contributed by atoms with Gasteiger partial charge in [0.05, 0.1) is 15.9 Å². The van der Waals surface area contributed by atoms with Crippen molar-refractivity contribution >= 4 is 62.2 Å². The van der Waals surface area contributed by atoms with Gasteiger partial charge in [-0.15, -0.1) is 15.9 Å². The summed E-state index contributed by atoms with van der Waals surface area (Å²) < 4.78 is 13.8. The molecule has 0 aliphatic carbocycles. The van der Waals surface area contributed by atoms with Gasteiger partial charge in [0, 0.05) is 28.6 Å². The lowest BCUT2D eigenvalue weighted by Gasteiger charge is -2.07. The maximum Gasteiger partial charge on any atom is 0.287 e. The van der Waals surface area contributed by atoms with Crippen molar-refractivity contribution in [2.45, 2.75) is 17.0 Å². The number of amides is 1. The highest BCUT2D eigenvalue weighted by atomic mass is 35.5. The zero-order valence-electron chi connectivity index (χ0n) is 17.8. The number of hydrogen-bond acceptors (Lipinski definition) is 8. The van der Waals surface area contributed by atoms with Crippen LogP contribution >= 0.6 is 34.7 Å². The molecule has 1 amide bonds. The van der Waals surface area contributed by atoms with Crippen LogP contribution in [0.5, 0.6) is 5.75 Å². The quantitative estimate of drug-likeness (QED) is 0.300. The number of nitrogens with one attached hydrogen (secondary N) is 1. The van der Waals surface area contributed by atoms with Gasteiger partial charge in [0.15, 0.2) is 16.6 Å². The van der Waals surface area contributed by atoms with Crippen LogP contribution in [0.3, 0.4) is 0 Å². The lowest BCUT2D eigenvalue weighted by Crippen LogP contribution is -2.20. The van der Waals surface area contributed by atoms with Crippen molar-refractivity contribution in [2.24, 2.45) is 0 Å². The van der Waals surface area contributed by atoms with Crippen molar-refractivity contribution in [3.05, 3.63) is 81.4 Å². The van der Waals surface area contributed by atoms with E-state index in [1.807, 2.05) is 12.1 Å². The van der Waals surface area contributed by atoms with Gasteiger partial charge in [-0.05, 0) is 49.4 Å². The van der Waals surface area contributed by atoms with E-state index >= 15 is 0 Å². The van der Waals surface area contributed by atoms with Crippen LogP contribution in [0, 0.1) is 6.92 Å². The van der Waals surface area contributed by atoms with Crippen LogP contribution in [0.25, 0.3) is 15.9 Å². The predicted octanol–water partition coefficient (Wildman–Crippen LogP) is 5.17. The largest absolute Gasteiger partial charge is 0.484 e. The molecule has 0 aliphatic rings. The van der Waals surface area contributed by atoms with Crippen molar-refractivity contribution in [3.63, 3.8) is 0 Å². The van der Waals surface area contributed by atoms with Crippen LogP contribution in [0.15, 0.2) is 68.3 Å². The third-order valence-corrected chi connectivity index (χ3v) is 7.15. The van der Waals surface area contributed by atoms with Gasteiger partial charge in [0.25, 0.3) is 11.5 Å². The molecule has 5 aromatic rings. The van der Waals surface area contributed by atoms with Gasteiger partial charge in [-0.3, -0.25) is 9.59 Å². The molecule has 5 rings (SSSR count). The van der Waals surface area contributed by atoms with Crippen molar-refractivity contribution in [1.82, 2.24) is 14.5 Å². The number of anilines is 1. The summed E-state index contributed by atoms with van der Waals surface area (Å²) in [4.78, 5) is 33.5. The molecular weight excluding hydrogens is 496 g/mol. The molecule has 0 spiro atoms. The smallest absolute Gasteiger partial charge is 0.287 e. The van der Waals surface area contributed by atoms with Crippen LogP contribution in [-0.4, -0.2) is 27.1 Å². The van der Waals surface area contributed by atoms with Crippen molar-refractivity contribution in [2.75, 3.05) is 11.9 Å². The number of rotatable bonds is 7. The topological polar surface area (TPSA) is 98.7 Å². The molecule has 0 saturated carbocycles. The first-order chi connectivity index (χ1) is 16.4. The predicted molar refractivity (Wildman–Crippen MR) is 133 cm³/mol. The molecule has 11 heteroatoms. The van der Waals surface area contributed by atoms with Gasteiger partial charge in [-0.25, -0.2) is 9.97 Å². The molecule has 8 nitrogen and oxygen atoms in total. The van der Waals surface area contributed by atoms with Gasteiger partial charge in [0.2, 0.25) is 0 Å². The van der Waals surface area contributed by atoms with E-state index in [0.717, 1.165) is 14.6 Å². The van der Waals surface area contributed by atoms with Gasteiger partial charge < -0.3 is 14.6 Å². The van der Waals surface area contributed by atoms with Crippen molar-refractivity contribution in [3.8, 4) is 5.75 Å². The van der Waals surface area contributed by atoms with E-state index in [4.69, 9.17) is 20.9 Å². The van der Waals surface area contributed by atoms with Crippen LogP contribution in [0.4, 0.5) is 5.69 Å². The minimum absolute atomic E-state index is 0.114. The number of carbonyl (C=O) groups excluding carboxylic acids is 1. The molecule has 0 radical (unpaired) electrons. The number of aryl methyl sites for hydroxylation is 1. The Labute approximate surface area is 206 Å². The fourth-order valence-electron chi connectivity index (χ4n) is 3.20. The number of aromatic nitrogens is 3. The molecule has 172 valence electrons. The summed E-state index contributed by atoms with van der Waals surface area (Å²) in [5, 5.41) is 3.44. The zero-order valence-corrected chi connectivity index (χ0v) is 20.2. The monoisotopic (exact) mass is 512 g/mol. The minimum Gasteiger partial charge on any atom is -0.484 e. The highest BCUT2D eigenvalue weighted by Crippen LogP contribution is 2.32. The maximum atomic E-state index is 12.3. The van der Waals surface area contributed by atoms with E-state index < -0.39 is 0 Å². The average molecular weight is 513 g/mol. The first kappa shape index (κ1) is 22.5. The highest BCUT2D eigenvalue weighted by Gasteiger charge is 2.11. The molecule has 0 aliphatic heterocycles. The standard InChI is InChI=1S/C23H17ClN4O4S2/c1-13-8-20-25-16(10-22(30)28(20)32-13)12-33-23-27-18-7-4-15(9-19(18)34-23)26-21(29)11-31-17-5-2-14(24)3-6-17/h2-10H,11-12H2,1H3,(H,26,29). The van der Waals surface area contributed by atoms with Crippen molar-refractivity contribution in [1.29, 1.82) is 0 Å². The SMILES string of the molecule is Cc1cc2nc(CSc3nc4ccc(NC(=O)COc5ccc(Cl)cc5)cc4s3)cc(=O)n2o1. The summed E-state index contributed by atoms with van der Waals surface area (Å²) in [7, 11) is 0. The lowest BCUT2D eigenvalue weighted by molar-refractivity contribution is -0.118. The summed E-state index contributed by atoms with van der Waals surface area (Å²) in [6.45, 7) is 1.66. The first-order valence-electron chi connectivity index (χ1n) is 10.1. The minimum atomic E-state index is -0.268. The van der Waals surface area contributed by atoms with Gasteiger partial charge in [-0.2, -0.15) is 0 Å². The third-order valence-electron chi connectivity index (χ3n) is 4.70. The number of thioether (sulfide) groups is 1. The molecule has 2 aromatic carbocycles. The fraction of sp³-hybridized carbons (Fsp3) is 0.130. The maximum absolute atomic E-state index is 12.3. The highest BCUT2D eigenvalue weighted by molar-refractivity contribution is 8.00. The van der Waals surface area contributed by atoms with Crippen LogP contribution in [-0.2, 0) is 10.5 Å². The number of benzene rings is 2. The molecule has 0 bridgehead atoms. The molecule has 0 saturated heterocycles. The number of carbonyl (C=O) groups is 1. The second kappa shape index (κ2) is 9.49. The Morgan fingerprint density at radius 1 is 1.18 bits per heavy atom. The normalized spacial score (nSPS) is 11.2. The lowest BCUT2D eigenvalue weighted by atomic mass is 10.3. The fourth-order valence-corrected chi connectivity index (χ4v) is 5.33. The molecule has 3 heterocycles. The number of hydrogen-bond donors (Lipinski definition) is 1. The Bertz CT molecular complexity index is 1560. The molecule has 1 N–H and O–H groups in total. The molecular formula is C23H17ClN4O4S2. The number of ether oxygens (including phenoxy) is 1. The molecule has 0 unspecified atom stereocenters. The van der Waals surface area contributed by atoms with Crippen molar-refractivity contribution < 1.29 is 14.1 Å². The van der Waals surface area contributed by atoms with E-state index in [-0.39, 0.29) is 18.1 Å². The zero-order chi connectivity index (χ0) is 23.7. The number of fused-ring (bicyclic) bond motifs is 2. The van der Waals surface area contributed by atoms with E-state index in [1.54, 1.807) is 43.3 Å². The number of halogens is 1. The Hall–Kier alpha value is -3.34. The average Bonchev–Trinajstić information content (AvgIpc) is 3.39. The van der Waals surface area contributed by atoms with E-state index in [2.05, 4.69) is 15.3 Å².